The molecule has 1 aliphatic rings. The van der Waals surface area contributed by atoms with Crippen LogP contribution in [-0.2, 0) is 13.6 Å². The molecule has 2 heterocycles. The van der Waals surface area contributed by atoms with E-state index >= 15 is 0 Å². The Balaban J connectivity index is 1.82. The second kappa shape index (κ2) is 10.9. The largest absolute Gasteiger partial charge is 0.357 e. The molecule has 0 atom stereocenters. The number of rotatable bonds is 7. The van der Waals surface area contributed by atoms with Crippen LogP contribution in [0.4, 0.5) is 0 Å². The molecule has 0 radical (unpaired) electrons. The van der Waals surface area contributed by atoms with Gasteiger partial charge in [-0.25, -0.2) is 0 Å². The minimum atomic E-state index is 0.840. The zero-order valence-electron chi connectivity index (χ0n) is 16.8. The molecule has 1 aromatic rings. The lowest BCUT2D eigenvalue weighted by Gasteiger charge is -2.23. The van der Waals surface area contributed by atoms with E-state index in [1.54, 1.807) is 0 Å². The molecule has 7 heteroatoms. The van der Waals surface area contributed by atoms with Gasteiger partial charge in [-0.3, -0.25) is 4.99 Å². The van der Waals surface area contributed by atoms with Gasteiger partial charge >= 0.3 is 0 Å². The minimum Gasteiger partial charge on any atom is -0.357 e. The van der Waals surface area contributed by atoms with Crippen LogP contribution in [-0.4, -0.2) is 85.1 Å². The minimum absolute atomic E-state index is 0.840. The number of nitrogens with zero attached hydrogens (tertiary/aromatic N) is 5. The molecule has 6 nitrogen and oxygen atoms in total. The fourth-order valence-electron chi connectivity index (χ4n) is 3.31. The van der Waals surface area contributed by atoms with Gasteiger partial charge in [0.2, 0.25) is 0 Å². The molecule has 1 aliphatic heterocycles. The molecule has 0 spiro atoms. The summed E-state index contributed by atoms with van der Waals surface area (Å²) >= 11 is 3.55. The summed E-state index contributed by atoms with van der Waals surface area (Å²) in [5.41, 5.74) is 1.26. The zero-order valence-corrected chi connectivity index (χ0v) is 18.4. The molecule has 0 aromatic carbocycles. The highest BCUT2D eigenvalue weighted by atomic mass is 79.9. The highest BCUT2D eigenvalue weighted by Crippen LogP contribution is 2.15. The molecule has 0 saturated carbocycles. The maximum atomic E-state index is 4.84. The van der Waals surface area contributed by atoms with E-state index in [9.17, 15) is 0 Å². The number of aliphatic imine (C=N–C) groups is 1. The Morgan fingerprint density at radius 1 is 1.27 bits per heavy atom. The number of hydrogen-bond acceptors (Lipinski definition) is 3. The normalized spacial score (nSPS) is 17.3. The predicted octanol–water partition coefficient (Wildman–Crippen LogP) is 2.21. The van der Waals surface area contributed by atoms with Crippen LogP contribution in [0.3, 0.4) is 0 Å². The van der Waals surface area contributed by atoms with Gasteiger partial charge in [0, 0.05) is 56.6 Å². The van der Waals surface area contributed by atoms with Crippen LogP contribution in [0.5, 0.6) is 0 Å². The molecule has 1 fully saturated rings. The first-order valence-corrected chi connectivity index (χ1v) is 10.5. The van der Waals surface area contributed by atoms with Crippen molar-refractivity contribution in [1.29, 1.82) is 0 Å². The van der Waals surface area contributed by atoms with E-state index in [0.29, 0.717) is 0 Å². The number of aromatic nitrogens is 1. The number of halogens is 1. The van der Waals surface area contributed by atoms with E-state index in [1.807, 2.05) is 0 Å². The predicted molar refractivity (Wildman–Crippen MR) is 114 cm³/mol. The first kappa shape index (κ1) is 21.3. The third kappa shape index (κ3) is 6.93. The average Bonchev–Trinajstić information content (AvgIpc) is 2.78. The number of likely N-dealkylation sites (N-methyl/N-ethyl adjacent to an activating group) is 1. The van der Waals surface area contributed by atoms with Crippen molar-refractivity contribution in [1.82, 2.24) is 24.6 Å². The monoisotopic (exact) mass is 426 g/mol. The standard InChI is InChI=1S/C19H35BrN6/c1-5-21-19(25(4)16-18-14-17(20)15-24(18)3)22-8-6-10-26-11-7-9-23(2)12-13-26/h14-15H,5-13,16H2,1-4H3,(H,21,22). The van der Waals surface area contributed by atoms with Crippen molar-refractivity contribution in [3.8, 4) is 0 Å². The maximum absolute atomic E-state index is 4.84. The molecule has 1 saturated heterocycles. The van der Waals surface area contributed by atoms with Gasteiger partial charge in [-0.05, 0) is 68.4 Å². The summed E-state index contributed by atoms with van der Waals surface area (Å²) in [6, 6.07) is 2.16. The number of guanidine groups is 1. The molecule has 2 rings (SSSR count). The van der Waals surface area contributed by atoms with Crippen LogP contribution < -0.4 is 5.32 Å². The highest BCUT2D eigenvalue weighted by Gasteiger charge is 2.12. The topological polar surface area (TPSA) is 39.0 Å². The Hall–Kier alpha value is -1.05. The summed E-state index contributed by atoms with van der Waals surface area (Å²) in [4.78, 5) is 12.1. The molecule has 0 bridgehead atoms. The Kier molecular flexibility index (Phi) is 8.95. The Morgan fingerprint density at radius 3 is 2.77 bits per heavy atom. The second-order valence-electron chi connectivity index (χ2n) is 7.20. The first-order valence-electron chi connectivity index (χ1n) is 9.70. The van der Waals surface area contributed by atoms with Crippen molar-refractivity contribution < 1.29 is 0 Å². The summed E-state index contributed by atoms with van der Waals surface area (Å²) in [5.74, 6) is 0.987. The van der Waals surface area contributed by atoms with E-state index in [-0.39, 0.29) is 0 Å². The average molecular weight is 427 g/mol. The van der Waals surface area contributed by atoms with Crippen LogP contribution in [0, 0.1) is 0 Å². The summed E-state index contributed by atoms with van der Waals surface area (Å²) in [7, 11) is 6.40. The first-order chi connectivity index (χ1) is 12.5. The Morgan fingerprint density at radius 2 is 2.08 bits per heavy atom. The smallest absolute Gasteiger partial charge is 0.194 e. The van der Waals surface area contributed by atoms with Gasteiger partial charge in [-0.1, -0.05) is 0 Å². The maximum Gasteiger partial charge on any atom is 0.194 e. The molecular weight excluding hydrogens is 392 g/mol. The van der Waals surface area contributed by atoms with Gasteiger partial charge < -0.3 is 24.6 Å². The third-order valence-corrected chi connectivity index (χ3v) is 5.31. The lowest BCUT2D eigenvalue weighted by Crippen LogP contribution is -2.39. The van der Waals surface area contributed by atoms with Crippen LogP contribution in [0.1, 0.15) is 25.5 Å². The van der Waals surface area contributed by atoms with Crippen molar-refractivity contribution in [2.75, 3.05) is 59.9 Å². The highest BCUT2D eigenvalue weighted by molar-refractivity contribution is 9.10. The molecule has 1 N–H and O–H groups in total. The molecule has 0 aliphatic carbocycles. The molecule has 0 amide bonds. The van der Waals surface area contributed by atoms with Crippen molar-refractivity contribution >= 4 is 21.9 Å². The lowest BCUT2D eigenvalue weighted by atomic mass is 10.3. The van der Waals surface area contributed by atoms with Crippen LogP contribution >= 0.6 is 15.9 Å². The summed E-state index contributed by atoms with van der Waals surface area (Å²) in [6.07, 6.45) is 4.48. The summed E-state index contributed by atoms with van der Waals surface area (Å²) < 4.78 is 3.27. The molecular formula is C19H35BrN6. The van der Waals surface area contributed by atoms with E-state index in [0.717, 1.165) is 43.0 Å². The number of aryl methyl sites for hydroxylation is 1. The zero-order chi connectivity index (χ0) is 18.9. The molecule has 148 valence electrons. The van der Waals surface area contributed by atoms with E-state index in [1.165, 1.54) is 38.3 Å². The van der Waals surface area contributed by atoms with Gasteiger partial charge in [0.25, 0.3) is 0 Å². The van der Waals surface area contributed by atoms with Crippen molar-refractivity contribution in [3.05, 3.63) is 22.4 Å². The quantitative estimate of drug-likeness (QED) is 0.412. The summed E-state index contributed by atoms with van der Waals surface area (Å²) in [6.45, 7) is 10.7. The van der Waals surface area contributed by atoms with Crippen LogP contribution in [0.25, 0.3) is 0 Å². The van der Waals surface area contributed by atoms with Crippen LogP contribution in [0.15, 0.2) is 21.7 Å². The van der Waals surface area contributed by atoms with E-state index < -0.39 is 0 Å². The number of hydrogen-bond donors (Lipinski definition) is 1. The van der Waals surface area contributed by atoms with Crippen LogP contribution in [0.2, 0.25) is 0 Å². The Labute approximate surface area is 167 Å². The van der Waals surface area contributed by atoms with Gasteiger partial charge in [-0.15, -0.1) is 0 Å². The SMILES string of the molecule is CCNC(=NCCCN1CCCN(C)CC1)N(C)Cc1cc(Br)cn1C. The van der Waals surface area contributed by atoms with Crippen molar-refractivity contribution in [3.63, 3.8) is 0 Å². The summed E-state index contributed by atoms with van der Waals surface area (Å²) in [5, 5.41) is 3.42. The Bertz CT molecular complexity index is 570. The van der Waals surface area contributed by atoms with Gasteiger partial charge in [0.15, 0.2) is 5.96 Å². The van der Waals surface area contributed by atoms with E-state index in [4.69, 9.17) is 4.99 Å². The van der Waals surface area contributed by atoms with Gasteiger partial charge in [-0.2, -0.15) is 0 Å². The van der Waals surface area contributed by atoms with E-state index in [2.05, 4.69) is 80.8 Å². The van der Waals surface area contributed by atoms with Crippen molar-refractivity contribution in [2.24, 2.45) is 12.0 Å². The molecule has 1 aromatic heterocycles. The lowest BCUT2D eigenvalue weighted by molar-refractivity contribution is 0.275. The van der Waals surface area contributed by atoms with Gasteiger partial charge in [0.1, 0.15) is 0 Å². The van der Waals surface area contributed by atoms with Gasteiger partial charge in [0.05, 0.1) is 6.54 Å². The van der Waals surface area contributed by atoms with Crippen molar-refractivity contribution in [2.45, 2.75) is 26.3 Å². The fraction of sp³-hybridized carbons (Fsp3) is 0.737. The number of nitrogens with one attached hydrogen (secondary N) is 1. The molecule has 26 heavy (non-hydrogen) atoms. The second-order valence-corrected chi connectivity index (χ2v) is 8.12. The fourth-order valence-corrected chi connectivity index (χ4v) is 3.89. The molecule has 0 unspecified atom stereocenters. The third-order valence-electron chi connectivity index (χ3n) is 4.88.